The number of hydrogen-bond donors (Lipinski definition) is 1. The molecule has 6 nitrogen and oxygen atoms in total. The Morgan fingerprint density at radius 2 is 2.35 bits per heavy atom. The molecule has 1 fully saturated rings. The molecule has 0 bridgehead atoms. The lowest BCUT2D eigenvalue weighted by Crippen LogP contribution is -2.36. The SMILES string of the molecule is COC[C@@H](C)NC(=O)CSc1nc(C)c(C)n1C[C@@H]1CCCO1. The number of carbonyl (C=O) groups is 1. The Balaban J connectivity index is 1.93. The van der Waals surface area contributed by atoms with E-state index in [1.54, 1.807) is 7.11 Å². The van der Waals surface area contributed by atoms with Crippen molar-refractivity contribution in [1.82, 2.24) is 14.9 Å². The lowest BCUT2D eigenvalue weighted by atomic mass is 10.2. The lowest BCUT2D eigenvalue weighted by molar-refractivity contribution is -0.119. The van der Waals surface area contributed by atoms with Gasteiger partial charge in [-0.2, -0.15) is 0 Å². The average Bonchev–Trinajstić information content (AvgIpc) is 3.09. The monoisotopic (exact) mass is 341 g/mol. The molecule has 23 heavy (non-hydrogen) atoms. The van der Waals surface area contributed by atoms with Crippen LogP contribution in [0.3, 0.4) is 0 Å². The first-order valence-electron chi connectivity index (χ1n) is 8.07. The summed E-state index contributed by atoms with van der Waals surface area (Å²) in [5, 5.41) is 3.81. The number of ether oxygens (including phenoxy) is 2. The Kier molecular flexibility index (Phi) is 6.92. The number of methoxy groups -OCH3 is 1. The van der Waals surface area contributed by atoms with Crippen molar-refractivity contribution >= 4 is 17.7 Å². The second-order valence-corrected chi connectivity index (χ2v) is 6.97. The van der Waals surface area contributed by atoms with Crippen LogP contribution in [0.1, 0.15) is 31.2 Å². The minimum atomic E-state index is 0.00141. The van der Waals surface area contributed by atoms with Crippen LogP contribution < -0.4 is 5.32 Å². The van der Waals surface area contributed by atoms with Gasteiger partial charge < -0.3 is 19.4 Å². The van der Waals surface area contributed by atoms with Crippen LogP contribution in [-0.2, 0) is 20.8 Å². The molecule has 2 rings (SSSR count). The van der Waals surface area contributed by atoms with Crippen molar-refractivity contribution in [3.05, 3.63) is 11.4 Å². The van der Waals surface area contributed by atoms with Crippen molar-refractivity contribution in [3.63, 3.8) is 0 Å². The van der Waals surface area contributed by atoms with Crippen molar-refractivity contribution in [3.8, 4) is 0 Å². The van der Waals surface area contributed by atoms with E-state index in [9.17, 15) is 4.79 Å². The van der Waals surface area contributed by atoms with Gasteiger partial charge in [-0.05, 0) is 33.6 Å². The highest BCUT2D eigenvalue weighted by Gasteiger charge is 2.20. The summed E-state index contributed by atoms with van der Waals surface area (Å²) in [6.45, 7) is 8.19. The molecule has 0 aliphatic carbocycles. The fourth-order valence-corrected chi connectivity index (χ4v) is 3.59. The first-order chi connectivity index (χ1) is 11.0. The standard InChI is InChI=1S/C16H27N3O3S/c1-11(9-21-4)17-15(20)10-23-16-18-12(2)13(3)19(16)8-14-6-5-7-22-14/h11,14H,5-10H2,1-4H3,(H,17,20)/t11-,14+/m1/s1. The molecule has 1 aromatic rings. The molecule has 1 amide bonds. The zero-order valence-corrected chi connectivity index (χ0v) is 15.2. The first kappa shape index (κ1) is 18.3. The Bertz CT molecular complexity index is 527. The molecule has 2 heterocycles. The molecule has 7 heteroatoms. The molecule has 0 unspecified atom stereocenters. The smallest absolute Gasteiger partial charge is 0.230 e. The zero-order valence-electron chi connectivity index (χ0n) is 14.4. The maximum Gasteiger partial charge on any atom is 0.230 e. The quantitative estimate of drug-likeness (QED) is 0.732. The van der Waals surface area contributed by atoms with E-state index in [2.05, 4.69) is 21.8 Å². The molecule has 0 aromatic carbocycles. The highest BCUT2D eigenvalue weighted by atomic mass is 32.2. The third-order valence-corrected chi connectivity index (χ3v) is 4.97. The number of nitrogens with zero attached hydrogens (tertiary/aromatic N) is 2. The molecule has 1 aliphatic rings. The van der Waals surface area contributed by atoms with Gasteiger partial charge >= 0.3 is 0 Å². The summed E-state index contributed by atoms with van der Waals surface area (Å²) in [5.74, 6) is 0.358. The number of rotatable bonds is 8. The van der Waals surface area contributed by atoms with Crippen molar-refractivity contribution < 1.29 is 14.3 Å². The number of imidazole rings is 1. The number of carbonyl (C=O) groups excluding carboxylic acids is 1. The second-order valence-electron chi connectivity index (χ2n) is 6.02. The number of aryl methyl sites for hydroxylation is 1. The summed E-state index contributed by atoms with van der Waals surface area (Å²) < 4.78 is 12.9. The Morgan fingerprint density at radius 1 is 1.57 bits per heavy atom. The van der Waals surface area contributed by atoms with Crippen LogP contribution in [0.5, 0.6) is 0 Å². The molecule has 0 spiro atoms. The van der Waals surface area contributed by atoms with E-state index in [4.69, 9.17) is 9.47 Å². The summed E-state index contributed by atoms with van der Waals surface area (Å²) >= 11 is 1.48. The summed E-state index contributed by atoms with van der Waals surface area (Å²) in [6, 6.07) is 0.0169. The van der Waals surface area contributed by atoms with Crippen molar-refractivity contribution in [2.45, 2.75) is 57.5 Å². The van der Waals surface area contributed by atoms with Gasteiger partial charge in [-0.15, -0.1) is 0 Å². The van der Waals surface area contributed by atoms with E-state index < -0.39 is 0 Å². The minimum absolute atomic E-state index is 0.00141. The second kappa shape index (κ2) is 8.70. The Labute approximate surface area is 142 Å². The number of hydrogen-bond acceptors (Lipinski definition) is 5. The van der Waals surface area contributed by atoms with E-state index >= 15 is 0 Å². The molecular formula is C16H27N3O3S. The van der Waals surface area contributed by atoms with E-state index in [1.807, 2.05) is 13.8 Å². The summed E-state index contributed by atoms with van der Waals surface area (Å²) in [5.41, 5.74) is 2.16. The molecule has 0 radical (unpaired) electrons. The highest BCUT2D eigenvalue weighted by Crippen LogP contribution is 2.24. The third-order valence-electron chi connectivity index (χ3n) is 3.99. The minimum Gasteiger partial charge on any atom is -0.383 e. The van der Waals surface area contributed by atoms with Crippen molar-refractivity contribution in [1.29, 1.82) is 0 Å². The summed E-state index contributed by atoms with van der Waals surface area (Å²) in [4.78, 5) is 16.6. The molecule has 1 N–H and O–H groups in total. The lowest BCUT2D eigenvalue weighted by Gasteiger charge is -2.15. The number of aromatic nitrogens is 2. The van der Waals surface area contributed by atoms with Gasteiger partial charge in [0.05, 0.1) is 30.7 Å². The molecule has 2 atom stereocenters. The van der Waals surface area contributed by atoms with Crippen molar-refractivity contribution in [2.24, 2.45) is 0 Å². The Hall–Kier alpha value is -1.05. The molecular weight excluding hydrogens is 314 g/mol. The molecule has 1 aromatic heterocycles. The van der Waals surface area contributed by atoms with Gasteiger partial charge in [-0.25, -0.2) is 4.98 Å². The van der Waals surface area contributed by atoms with Gasteiger partial charge in [0, 0.05) is 25.5 Å². The van der Waals surface area contributed by atoms with Crippen molar-refractivity contribution in [2.75, 3.05) is 26.1 Å². The molecule has 130 valence electrons. The third kappa shape index (κ3) is 5.22. The van der Waals surface area contributed by atoms with E-state index in [-0.39, 0.29) is 18.1 Å². The maximum atomic E-state index is 12.0. The van der Waals surface area contributed by atoms with Gasteiger partial charge in [-0.3, -0.25) is 4.79 Å². The molecule has 1 aliphatic heterocycles. The maximum absolute atomic E-state index is 12.0. The van der Waals surface area contributed by atoms with E-state index in [1.165, 1.54) is 11.8 Å². The predicted octanol–water partition coefficient (Wildman–Crippen LogP) is 1.92. The van der Waals surface area contributed by atoms with Crippen LogP contribution in [0.2, 0.25) is 0 Å². The van der Waals surface area contributed by atoms with Gasteiger partial charge in [-0.1, -0.05) is 11.8 Å². The topological polar surface area (TPSA) is 65.4 Å². The summed E-state index contributed by atoms with van der Waals surface area (Å²) in [6.07, 6.45) is 2.48. The number of thioether (sulfide) groups is 1. The van der Waals surface area contributed by atoms with E-state index in [0.29, 0.717) is 12.4 Å². The van der Waals surface area contributed by atoms with E-state index in [0.717, 1.165) is 42.5 Å². The Morgan fingerprint density at radius 3 is 3.00 bits per heavy atom. The van der Waals surface area contributed by atoms with Gasteiger partial charge in [0.2, 0.25) is 5.91 Å². The summed E-state index contributed by atoms with van der Waals surface area (Å²) in [7, 11) is 1.63. The predicted molar refractivity (Wildman–Crippen MR) is 90.9 cm³/mol. The average molecular weight is 341 g/mol. The normalized spacial score (nSPS) is 19.0. The van der Waals surface area contributed by atoms with Crippen LogP contribution in [-0.4, -0.2) is 53.7 Å². The largest absolute Gasteiger partial charge is 0.383 e. The van der Waals surface area contributed by atoms with Crippen LogP contribution in [0.15, 0.2) is 5.16 Å². The number of amides is 1. The van der Waals surface area contributed by atoms with Crippen LogP contribution in [0, 0.1) is 13.8 Å². The van der Waals surface area contributed by atoms with Gasteiger partial charge in [0.1, 0.15) is 0 Å². The fourth-order valence-electron chi connectivity index (χ4n) is 2.68. The molecule has 0 saturated carbocycles. The first-order valence-corrected chi connectivity index (χ1v) is 9.06. The highest BCUT2D eigenvalue weighted by molar-refractivity contribution is 7.99. The van der Waals surface area contributed by atoms with Crippen LogP contribution in [0.25, 0.3) is 0 Å². The molecule has 1 saturated heterocycles. The van der Waals surface area contributed by atoms with Gasteiger partial charge in [0.15, 0.2) is 5.16 Å². The fraction of sp³-hybridized carbons (Fsp3) is 0.750. The van der Waals surface area contributed by atoms with Crippen LogP contribution in [0.4, 0.5) is 0 Å². The number of nitrogens with one attached hydrogen (secondary N) is 1. The van der Waals surface area contributed by atoms with Crippen LogP contribution >= 0.6 is 11.8 Å². The van der Waals surface area contributed by atoms with Gasteiger partial charge in [0.25, 0.3) is 0 Å². The zero-order chi connectivity index (χ0) is 16.8.